The van der Waals surface area contributed by atoms with E-state index in [0.29, 0.717) is 23.4 Å². The second kappa shape index (κ2) is 10.4. The van der Waals surface area contributed by atoms with Gasteiger partial charge in [-0.1, -0.05) is 42.5 Å². The van der Waals surface area contributed by atoms with Crippen molar-refractivity contribution >= 4 is 34.3 Å². The molecule has 1 unspecified atom stereocenters. The summed E-state index contributed by atoms with van der Waals surface area (Å²) in [5, 5.41) is 2.79. The average Bonchev–Trinajstić information content (AvgIpc) is 2.54. The summed E-state index contributed by atoms with van der Waals surface area (Å²) in [6, 6.07) is 15.9. The zero-order valence-electron chi connectivity index (χ0n) is 13.9. The number of thiol groups is 1. The van der Waals surface area contributed by atoms with Gasteiger partial charge in [0.1, 0.15) is 0 Å². The van der Waals surface area contributed by atoms with Gasteiger partial charge in [-0.3, -0.25) is 4.79 Å². The van der Waals surface area contributed by atoms with Gasteiger partial charge in [-0.05, 0) is 29.7 Å². The van der Waals surface area contributed by atoms with Crippen LogP contribution in [0.2, 0.25) is 0 Å². The van der Waals surface area contributed by atoms with Crippen LogP contribution in [0.4, 0.5) is 5.69 Å². The fourth-order valence-electron chi connectivity index (χ4n) is 2.27. The zero-order chi connectivity index (χ0) is 17.6. The van der Waals surface area contributed by atoms with E-state index in [1.165, 1.54) is 12.1 Å². The van der Waals surface area contributed by atoms with Crippen molar-refractivity contribution in [2.24, 2.45) is 5.92 Å². The maximum absolute atomic E-state index is 12.4. The normalized spacial score (nSPS) is 12.1. The summed E-state index contributed by atoms with van der Waals surface area (Å²) in [7, 11) is -4.31. The molecule has 1 amide bonds. The Morgan fingerprint density at radius 3 is 2.16 bits per heavy atom. The number of amides is 1. The second-order valence-corrected chi connectivity index (χ2v) is 7.23. The molecule has 1 atom stereocenters. The molecular formula is C17H18NNaO4S2. The van der Waals surface area contributed by atoms with Crippen molar-refractivity contribution in [3.63, 3.8) is 0 Å². The molecule has 0 heterocycles. The maximum Gasteiger partial charge on any atom is 1.00 e. The molecule has 0 aromatic heterocycles. The first-order valence-electron chi connectivity index (χ1n) is 7.35. The van der Waals surface area contributed by atoms with Gasteiger partial charge in [0.2, 0.25) is 5.91 Å². The number of nitrogens with one attached hydrogen (secondary N) is 1. The minimum atomic E-state index is -4.31. The summed E-state index contributed by atoms with van der Waals surface area (Å²) in [6.07, 6.45) is 0.586. The second-order valence-electron chi connectivity index (χ2n) is 5.46. The minimum absolute atomic E-state index is 0. The third-order valence-electron chi connectivity index (χ3n) is 3.48. The molecule has 0 bridgehead atoms. The molecule has 8 heteroatoms. The van der Waals surface area contributed by atoms with E-state index in [2.05, 4.69) is 17.9 Å². The predicted molar refractivity (Wildman–Crippen MR) is 96.0 cm³/mol. The molecule has 0 spiro atoms. The molecule has 0 aliphatic heterocycles. The number of hydrogen-bond donors (Lipinski definition) is 2. The van der Waals surface area contributed by atoms with Crippen LogP contribution < -0.4 is 34.9 Å². The Hall–Kier alpha value is -0.830. The summed E-state index contributed by atoms with van der Waals surface area (Å²) < 4.78 is 32.2. The standard InChI is InChI=1S/C17H19NO4S2.Na/c19-17(15(11-23)10-13-4-2-1-3-5-13)18-16-8-6-14(7-9-16)12-24(20,21)22;/h1-9,15,23H,10-12H2,(H,18,19)(H,20,21,22);/q;+1/p-1. The van der Waals surface area contributed by atoms with Crippen LogP contribution in [0.1, 0.15) is 11.1 Å². The quantitative estimate of drug-likeness (QED) is 0.380. The third-order valence-corrected chi connectivity index (χ3v) is 4.61. The van der Waals surface area contributed by atoms with Crippen molar-refractivity contribution in [3.8, 4) is 0 Å². The number of anilines is 1. The first-order valence-corrected chi connectivity index (χ1v) is 9.56. The number of carbonyl (C=O) groups is 1. The summed E-state index contributed by atoms with van der Waals surface area (Å²) in [5.74, 6) is -0.586. The fraction of sp³-hybridized carbons (Fsp3) is 0.235. The Labute approximate surface area is 175 Å². The van der Waals surface area contributed by atoms with E-state index >= 15 is 0 Å². The first-order chi connectivity index (χ1) is 11.4. The Bertz CT molecular complexity index is 780. The topological polar surface area (TPSA) is 86.3 Å². The van der Waals surface area contributed by atoms with Crippen LogP contribution in [0.25, 0.3) is 0 Å². The molecule has 2 rings (SSSR count). The molecule has 2 aromatic rings. The van der Waals surface area contributed by atoms with Crippen molar-refractivity contribution in [2.45, 2.75) is 12.2 Å². The van der Waals surface area contributed by atoms with Crippen LogP contribution in [-0.4, -0.2) is 24.6 Å². The van der Waals surface area contributed by atoms with Crippen molar-refractivity contribution < 1.29 is 47.3 Å². The molecule has 1 N–H and O–H groups in total. The third kappa shape index (κ3) is 7.94. The molecule has 128 valence electrons. The predicted octanol–water partition coefficient (Wildman–Crippen LogP) is -0.537. The van der Waals surface area contributed by atoms with Crippen molar-refractivity contribution in [1.82, 2.24) is 0 Å². The van der Waals surface area contributed by atoms with E-state index in [0.717, 1.165) is 5.56 Å². The molecule has 0 fully saturated rings. The van der Waals surface area contributed by atoms with Gasteiger partial charge in [0, 0.05) is 11.4 Å². The summed E-state index contributed by atoms with van der Waals surface area (Å²) in [6.45, 7) is 0. The van der Waals surface area contributed by atoms with E-state index in [4.69, 9.17) is 0 Å². The number of carbonyl (C=O) groups excluding carboxylic acids is 1. The van der Waals surface area contributed by atoms with E-state index in [1.807, 2.05) is 30.3 Å². The minimum Gasteiger partial charge on any atom is -0.748 e. The number of rotatable bonds is 7. The van der Waals surface area contributed by atoms with Crippen LogP contribution in [0.15, 0.2) is 54.6 Å². The van der Waals surface area contributed by atoms with Gasteiger partial charge in [0.15, 0.2) is 0 Å². The van der Waals surface area contributed by atoms with Gasteiger partial charge in [0.25, 0.3) is 0 Å². The van der Waals surface area contributed by atoms with Crippen molar-refractivity contribution in [2.75, 3.05) is 11.1 Å². The van der Waals surface area contributed by atoms with Crippen molar-refractivity contribution in [3.05, 3.63) is 65.7 Å². The van der Waals surface area contributed by atoms with E-state index < -0.39 is 15.9 Å². The number of hydrogen-bond acceptors (Lipinski definition) is 5. The van der Waals surface area contributed by atoms with E-state index in [1.54, 1.807) is 12.1 Å². The van der Waals surface area contributed by atoms with Crippen LogP contribution in [0, 0.1) is 5.92 Å². The Morgan fingerprint density at radius 1 is 1.04 bits per heavy atom. The van der Waals surface area contributed by atoms with E-state index in [9.17, 15) is 17.8 Å². The summed E-state index contributed by atoms with van der Waals surface area (Å²) in [4.78, 5) is 12.4. The fourth-order valence-corrected chi connectivity index (χ4v) is 3.17. The van der Waals surface area contributed by atoms with Crippen LogP contribution in [-0.2, 0) is 27.1 Å². The Balaban J connectivity index is 0.00000312. The van der Waals surface area contributed by atoms with Crippen LogP contribution >= 0.6 is 12.6 Å². The molecule has 0 saturated carbocycles. The molecular weight excluding hydrogens is 369 g/mol. The van der Waals surface area contributed by atoms with Crippen LogP contribution in [0.5, 0.6) is 0 Å². The summed E-state index contributed by atoms with van der Waals surface area (Å²) >= 11 is 4.25. The van der Waals surface area contributed by atoms with Crippen LogP contribution in [0.3, 0.4) is 0 Å². The van der Waals surface area contributed by atoms with E-state index in [-0.39, 0.29) is 41.4 Å². The molecule has 0 aliphatic rings. The average molecular weight is 387 g/mol. The molecule has 0 saturated heterocycles. The molecule has 0 radical (unpaired) electrons. The molecule has 5 nitrogen and oxygen atoms in total. The van der Waals surface area contributed by atoms with Gasteiger partial charge >= 0.3 is 29.6 Å². The smallest absolute Gasteiger partial charge is 0.748 e. The molecule has 0 aliphatic carbocycles. The molecule has 25 heavy (non-hydrogen) atoms. The summed E-state index contributed by atoms with van der Waals surface area (Å²) in [5.41, 5.74) is 1.99. The largest absolute Gasteiger partial charge is 1.00 e. The SMILES string of the molecule is O=C(Nc1ccc(CS(=O)(=O)[O-])cc1)C(CS)Cc1ccccc1.[Na+]. The van der Waals surface area contributed by atoms with Gasteiger partial charge in [-0.25, -0.2) is 8.42 Å². The molecule has 2 aromatic carbocycles. The Kier molecular flexibility index (Phi) is 9.20. The number of benzene rings is 2. The first kappa shape index (κ1) is 22.2. The Morgan fingerprint density at radius 2 is 1.64 bits per heavy atom. The maximum atomic E-state index is 12.4. The van der Waals surface area contributed by atoms with Gasteiger partial charge in [-0.2, -0.15) is 12.6 Å². The monoisotopic (exact) mass is 387 g/mol. The van der Waals surface area contributed by atoms with Gasteiger partial charge in [0.05, 0.1) is 21.8 Å². The van der Waals surface area contributed by atoms with Crippen molar-refractivity contribution in [1.29, 1.82) is 0 Å². The van der Waals surface area contributed by atoms with Gasteiger partial charge < -0.3 is 9.87 Å². The zero-order valence-corrected chi connectivity index (χ0v) is 17.6. The van der Waals surface area contributed by atoms with Gasteiger partial charge in [-0.15, -0.1) is 0 Å².